The second-order valence-corrected chi connectivity index (χ2v) is 14.4. The molecule has 0 unspecified atom stereocenters. The van der Waals surface area contributed by atoms with Crippen LogP contribution in [0.25, 0.3) is 5.69 Å². The highest BCUT2D eigenvalue weighted by atomic mass is 32.1. The van der Waals surface area contributed by atoms with Gasteiger partial charge < -0.3 is 15.1 Å². The van der Waals surface area contributed by atoms with Gasteiger partial charge in [0.15, 0.2) is 0 Å². The van der Waals surface area contributed by atoms with Crippen LogP contribution in [0, 0.1) is 6.92 Å². The van der Waals surface area contributed by atoms with Gasteiger partial charge in [0.25, 0.3) is 0 Å². The first-order valence-electron chi connectivity index (χ1n) is 17.0. The molecule has 1 N–H and O–H groups in total. The number of benzene rings is 2. The molecule has 4 aliphatic rings. The van der Waals surface area contributed by atoms with Crippen LogP contribution in [0.1, 0.15) is 58.4 Å². The number of nitrogens with zero attached hydrogens (tertiary/aromatic N) is 7. The normalized spacial score (nSPS) is 21.6. The Morgan fingerprint density at radius 3 is 2.33 bits per heavy atom. The Kier molecular flexibility index (Phi) is 9.62. The van der Waals surface area contributed by atoms with Crippen molar-refractivity contribution in [1.29, 1.82) is 0 Å². The highest BCUT2D eigenvalue weighted by molar-refractivity contribution is 7.11. The number of aromatic nitrogens is 4. The number of likely N-dealkylation sites (tertiary alicyclic amines) is 1. The van der Waals surface area contributed by atoms with Gasteiger partial charge in [-0.25, -0.2) is 9.67 Å². The summed E-state index contributed by atoms with van der Waals surface area (Å²) in [6, 6.07) is 19.2. The van der Waals surface area contributed by atoms with Crippen molar-refractivity contribution in [1.82, 2.24) is 40.0 Å². The molecule has 0 radical (unpaired) electrons. The Morgan fingerprint density at radius 2 is 1.60 bits per heavy atom. The van der Waals surface area contributed by atoms with Gasteiger partial charge in [0, 0.05) is 56.0 Å². The van der Waals surface area contributed by atoms with E-state index in [9.17, 15) is 14.4 Å². The molecule has 6 heterocycles. The molecule has 4 aromatic rings. The number of para-hydroxylation sites is 1. The molecule has 1 atom stereocenters. The molecule has 2 saturated heterocycles. The van der Waals surface area contributed by atoms with Crippen LogP contribution in [0.2, 0.25) is 0 Å². The number of amides is 3. The third-order valence-corrected chi connectivity index (χ3v) is 11.0. The fraction of sp³-hybridized carbons (Fsp3) is 0.444. The third-order valence-electron chi connectivity index (χ3n) is 9.87. The SMILES string of the molecule is Cc1sc2nc1CC(=O)N(C1CCN(Cc3ccccc3)CC1)CC(=O)N[C@H](Cc1cn(-c3ccccc3)nn1)C(=O)N1CCC2CC1. The number of carbonyl (C=O) groups excluding carboxylic acids is 3. The van der Waals surface area contributed by atoms with E-state index in [2.05, 4.69) is 44.8 Å². The van der Waals surface area contributed by atoms with Crippen LogP contribution in [0.3, 0.4) is 0 Å². The minimum absolute atomic E-state index is 0.0794. The number of aryl methyl sites for hydroxylation is 1. The van der Waals surface area contributed by atoms with E-state index in [4.69, 9.17) is 4.98 Å². The molecule has 0 saturated carbocycles. The molecule has 0 aliphatic carbocycles. The molecule has 4 aliphatic heterocycles. The van der Waals surface area contributed by atoms with E-state index in [-0.39, 0.29) is 49.1 Å². The van der Waals surface area contributed by atoms with Crippen molar-refractivity contribution >= 4 is 29.1 Å². The van der Waals surface area contributed by atoms with Crippen molar-refractivity contribution < 1.29 is 14.4 Å². The Hall–Kier alpha value is -4.42. The van der Waals surface area contributed by atoms with Gasteiger partial charge >= 0.3 is 0 Å². The van der Waals surface area contributed by atoms with Crippen LogP contribution in [0.5, 0.6) is 0 Å². The Balaban J connectivity index is 1.12. The average Bonchev–Trinajstić information content (AvgIpc) is 3.74. The Labute approximate surface area is 284 Å². The van der Waals surface area contributed by atoms with Crippen molar-refractivity contribution in [2.75, 3.05) is 32.7 Å². The molecule has 2 aromatic carbocycles. The number of thiazole rings is 1. The zero-order valence-electron chi connectivity index (χ0n) is 27.3. The number of hydrogen-bond acceptors (Lipinski definition) is 8. The van der Waals surface area contributed by atoms with Crippen molar-refractivity contribution in [2.24, 2.45) is 0 Å². The average molecular weight is 667 g/mol. The number of hydrogen-bond donors (Lipinski definition) is 1. The smallest absolute Gasteiger partial charge is 0.245 e. The maximum Gasteiger partial charge on any atom is 0.245 e. The number of rotatable bonds is 6. The van der Waals surface area contributed by atoms with Gasteiger partial charge in [-0.15, -0.1) is 16.4 Å². The molecule has 12 heteroatoms. The molecular weight excluding hydrogens is 625 g/mol. The number of piperidine rings is 2. The fourth-order valence-corrected chi connectivity index (χ4v) is 8.26. The van der Waals surface area contributed by atoms with E-state index in [1.807, 2.05) is 48.2 Å². The van der Waals surface area contributed by atoms with Crippen molar-refractivity contribution in [3.63, 3.8) is 0 Å². The van der Waals surface area contributed by atoms with Crippen molar-refractivity contribution in [3.05, 3.63) is 93.7 Å². The third kappa shape index (κ3) is 7.34. The van der Waals surface area contributed by atoms with E-state index in [1.165, 1.54) is 5.56 Å². The molecule has 3 amide bonds. The van der Waals surface area contributed by atoms with Crippen molar-refractivity contribution in [2.45, 2.75) is 70.0 Å². The lowest BCUT2D eigenvalue weighted by molar-refractivity contribution is -0.141. The largest absolute Gasteiger partial charge is 0.342 e. The maximum absolute atomic E-state index is 14.1. The summed E-state index contributed by atoms with van der Waals surface area (Å²) >= 11 is 1.66. The molecule has 8 rings (SSSR count). The van der Waals surface area contributed by atoms with Crippen molar-refractivity contribution in [3.8, 4) is 5.69 Å². The summed E-state index contributed by atoms with van der Waals surface area (Å²) in [5, 5.41) is 12.7. The molecule has 250 valence electrons. The van der Waals surface area contributed by atoms with Crippen LogP contribution in [0.4, 0.5) is 0 Å². The number of nitrogens with one attached hydrogen (secondary N) is 1. The van der Waals surface area contributed by atoms with E-state index in [0.717, 1.165) is 66.6 Å². The first-order valence-corrected chi connectivity index (χ1v) is 17.8. The topological polar surface area (TPSA) is 117 Å². The molecule has 2 aromatic heterocycles. The summed E-state index contributed by atoms with van der Waals surface area (Å²) in [6.07, 6.45) is 5.32. The zero-order valence-corrected chi connectivity index (χ0v) is 28.1. The van der Waals surface area contributed by atoms with Crippen LogP contribution in [0.15, 0.2) is 66.9 Å². The first kappa shape index (κ1) is 32.1. The van der Waals surface area contributed by atoms with Crippen LogP contribution >= 0.6 is 11.3 Å². The predicted octanol–water partition coefficient (Wildman–Crippen LogP) is 3.52. The summed E-state index contributed by atoms with van der Waals surface area (Å²) in [4.78, 5) is 54.0. The second kappa shape index (κ2) is 14.4. The molecule has 0 spiro atoms. The second-order valence-electron chi connectivity index (χ2n) is 13.2. The minimum atomic E-state index is -0.821. The van der Waals surface area contributed by atoms with Gasteiger partial charge in [0.05, 0.1) is 41.2 Å². The fourth-order valence-electron chi connectivity index (χ4n) is 7.16. The summed E-state index contributed by atoms with van der Waals surface area (Å²) in [7, 11) is 0. The highest BCUT2D eigenvalue weighted by Crippen LogP contribution is 2.33. The van der Waals surface area contributed by atoms with E-state index in [1.54, 1.807) is 27.1 Å². The van der Waals surface area contributed by atoms with E-state index in [0.29, 0.717) is 18.8 Å². The Morgan fingerprint density at radius 1 is 0.896 bits per heavy atom. The van der Waals surface area contributed by atoms with Crippen LogP contribution < -0.4 is 5.32 Å². The molecule has 4 bridgehead atoms. The van der Waals surface area contributed by atoms with Gasteiger partial charge in [0.1, 0.15) is 6.04 Å². The van der Waals surface area contributed by atoms with Gasteiger partial charge in [0.2, 0.25) is 17.7 Å². The molecule has 11 nitrogen and oxygen atoms in total. The molecule has 48 heavy (non-hydrogen) atoms. The van der Waals surface area contributed by atoms with Crippen LogP contribution in [-0.2, 0) is 33.8 Å². The Bertz CT molecular complexity index is 1730. The lowest BCUT2D eigenvalue weighted by atomic mass is 9.96. The van der Waals surface area contributed by atoms with Crippen LogP contribution in [-0.4, -0.2) is 97.2 Å². The van der Waals surface area contributed by atoms with Gasteiger partial charge in [-0.05, 0) is 50.3 Å². The lowest BCUT2D eigenvalue weighted by Gasteiger charge is -2.38. The van der Waals surface area contributed by atoms with Gasteiger partial charge in [-0.2, -0.15) is 0 Å². The lowest BCUT2D eigenvalue weighted by Crippen LogP contribution is -2.55. The highest BCUT2D eigenvalue weighted by Gasteiger charge is 2.35. The van der Waals surface area contributed by atoms with Gasteiger partial charge in [-0.1, -0.05) is 53.7 Å². The first-order chi connectivity index (χ1) is 23.4. The monoisotopic (exact) mass is 666 g/mol. The molecular formula is C36H42N8O3S. The predicted molar refractivity (Wildman–Crippen MR) is 183 cm³/mol. The summed E-state index contributed by atoms with van der Waals surface area (Å²) in [5.74, 6) is -0.322. The standard InChI is InChI=1S/C36H42N8O3S/c1-25-31-21-34(46)43(29-14-16-41(17-15-29)22-26-8-4-2-5-9-26)24-33(45)37-32(20-28-23-44(40-39-28)30-10-6-3-7-11-30)36(47)42-18-12-27(13-19-42)35(38-31)48-25/h2-11,23,27,29,32H,12-22,24H2,1H3,(H,37,45)/t32-/m1/s1. The summed E-state index contributed by atoms with van der Waals surface area (Å²) in [6.45, 7) is 5.63. The maximum atomic E-state index is 14.1. The number of fused-ring (bicyclic) bond motifs is 9. The minimum Gasteiger partial charge on any atom is -0.342 e. The van der Waals surface area contributed by atoms with Gasteiger partial charge in [-0.3, -0.25) is 19.3 Å². The van der Waals surface area contributed by atoms with E-state index >= 15 is 0 Å². The van der Waals surface area contributed by atoms with E-state index < -0.39 is 6.04 Å². The quantitative estimate of drug-likeness (QED) is 0.335. The zero-order chi connectivity index (χ0) is 33.0. The summed E-state index contributed by atoms with van der Waals surface area (Å²) in [5.41, 5.74) is 3.54. The summed E-state index contributed by atoms with van der Waals surface area (Å²) < 4.78 is 1.67. The molecule has 2 fully saturated rings. The number of carbonyl (C=O) groups is 3.